The van der Waals surface area contributed by atoms with Crippen molar-refractivity contribution < 1.29 is 14.3 Å². The normalized spacial score (nSPS) is 17.8. The minimum absolute atomic E-state index is 0.174. The van der Waals surface area contributed by atoms with Crippen LogP contribution in [0.5, 0.6) is 5.75 Å². The second-order valence-electron chi connectivity index (χ2n) is 7.30. The summed E-state index contributed by atoms with van der Waals surface area (Å²) >= 11 is 5.93. The lowest BCUT2D eigenvalue weighted by Crippen LogP contribution is -2.46. The van der Waals surface area contributed by atoms with E-state index < -0.39 is 0 Å². The van der Waals surface area contributed by atoms with Crippen LogP contribution in [0.3, 0.4) is 0 Å². The number of benzene rings is 1. The molecule has 1 aromatic rings. The summed E-state index contributed by atoms with van der Waals surface area (Å²) in [6, 6.07) is 5.76. The van der Waals surface area contributed by atoms with Gasteiger partial charge >= 0.3 is 0 Å². The predicted octanol–water partition coefficient (Wildman–Crippen LogP) is 3.32. The third-order valence-corrected chi connectivity index (χ3v) is 5.31. The number of nitrogens with one attached hydrogen (secondary N) is 1. The van der Waals surface area contributed by atoms with E-state index in [1.807, 2.05) is 24.0 Å². The van der Waals surface area contributed by atoms with E-state index in [4.69, 9.17) is 16.3 Å². The van der Waals surface area contributed by atoms with Crippen LogP contribution >= 0.6 is 11.6 Å². The van der Waals surface area contributed by atoms with Crippen molar-refractivity contribution in [3.05, 3.63) is 28.8 Å². The molecule has 2 aliphatic rings. The van der Waals surface area contributed by atoms with E-state index in [0.29, 0.717) is 24.5 Å². The Kier molecular flexibility index (Phi) is 6.41. The molecule has 1 aliphatic carbocycles. The first kappa shape index (κ1) is 19.0. The van der Waals surface area contributed by atoms with Gasteiger partial charge in [-0.3, -0.25) is 9.59 Å². The molecule has 3 rings (SSSR count). The number of carbonyl (C=O) groups excluding carboxylic acids is 2. The van der Waals surface area contributed by atoms with Crippen molar-refractivity contribution in [1.29, 1.82) is 0 Å². The van der Waals surface area contributed by atoms with Gasteiger partial charge in [0.25, 0.3) is 0 Å². The van der Waals surface area contributed by atoms with E-state index in [0.717, 1.165) is 50.1 Å². The quantitative estimate of drug-likeness (QED) is 0.740. The van der Waals surface area contributed by atoms with Crippen LogP contribution in [0.4, 0.5) is 0 Å². The summed E-state index contributed by atoms with van der Waals surface area (Å²) in [5, 5.41) is 3.81. The lowest BCUT2D eigenvalue weighted by Gasteiger charge is -2.32. The average molecular weight is 379 g/mol. The summed E-state index contributed by atoms with van der Waals surface area (Å²) in [5.74, 6) is 1.44. The van der Waals surface area contributed by atoms with Crippen molar-refractivity contribution in [1.82, 2.24) is 10.2 Å². The molecule has 0 radical (unpaired) electrons. The highest BCUT2D eigenvalue weighted by Gasteiger charge is 2.32. The van der Waals surface area contributed by atoms with Crippen molar-refractivity contribution in [2.24, 2.45) is 5.92 Å². The van der Waals surface area contributed by atoms with Crippen LogP contribution in [0.15, 0.2) is 18.2 Å². The highest BCUT2D eigenvalue weighted by Crippen LogP contribution is 2.29. The van der Waals surface area contributed by atoms with E-state index in [1.165, 1.54) is 0 Å². The predicted molar refractivity (Wildman–Crippen MR) is 101 cm³/mol. The number of aryl methyl sites for hydroxylation is 1. The number of carbonyl (C=O) groups is 2. The highest BCUT2D eigenvalue weighted by atomic mass is 35.5. The third-order valence-electron chi connectivity index (χ3n) is 5.07. The molecule has 0 spiro atoms. The standard InChI is InChI=1S/C20H27ClN2O3/c1-14-13-16(21)6-7-18(14)26-12-2-3-19(24)23-10-8-17(9-11-23)22-20(25)15-4-5-15/h6-7,13,15,17H,2-5,8-12H2,1H3,(H,22,25). The Labute approximate surface area is 160 Å². The van der Waals surface area contributed by atoms with Crippen molar-refractivity contribution in [3.63, 3.8) is 0 Å². The molecule has 1 aromatic carbocycles. The van der Waals surface area contributed by atoms with Gasteiger partial charge in [0.2, 0.25) is 11.8 Å². The summed E-state index contributed by atoms with van der Waals surface area (Å²) in [6.07, 6.45) is 4.95. The fraction of sp³-hybridized carbons (Fsp3) is 0.600. The molecule has 1 saturated heterocycles. The Bertz CT molecular complexity index is 652. The molecule has 26 heavy (non-hydrogen) atoms. The molecule has 1 aliphatic heterocycles. The van der Waals surface area contributed by atoms with E-state index in [1.54, 1.807) is 6.07 Å². The maximum absolute atomic E-state index is 12.3. The van der Waals surface area contributed by atoms with Crippen LogP contribution in [0.2, 0.25) is 5.02 Å². The smallest absolute Gasteiger partial charge is 0.223 e. The van der Waals surface area contributed by atoms with Crippen molar-refractivity contribution in [2.45, 2.75) is 51.5 Å². The second kappa shape index (κ2) is 8.76. The maximum atomic E-state index is 12.3. The van der Waals surface area contributed by atoms with Crippen molar-refractivity contribution in [2.75, 3.05) is 19.7 Å². The van der Waals surface area contributed by atoms with Crippen molar-refractivity contribution in [3.8, 4) is 5.75 Å². The minimum atomic E-state index is 0.174. The zero-order chi connectivity index (χ0) is 18.5. The Morgan fingerprint density at radius 2 is 1.96 bits per heavy atom. The molecular formula is C20H27ClN2O3. The molecule has 5 nitrogen and oxygen atoms in total. The first-order valence-corrected chi connectivity index (χ1v) is 9.88. The molecule has 1 saturated carbocycles. The van der Waals surface area contributed by atoms with Gasteiger partial charge in [-0.1, -0.05) is 11.6 Å². The molecule has 1 heterocycles. The largest absolute Gasteiger partial charge is 0.493 e. The van der Waals surface area contributed by atoms with Gasteiger partial charge in [-0.25, -0.2) is 0 Å². The fourth-order valence-corrected chi connectivity index (χ4v) is 3.50. The topological polar surface area (TPSA) is 58.6 Å². The summed E-state index contributed by atoms with van der Waals surface area (Å²) in [4.78, 5) is 26.1. The number of nitrogens with zero attached hydrogens (tertiary/aromatic N) is 1. The SMILES string of the molecule is Cc1cc(Cl)ccc1OCCCC(=O)N1CCC(NC(=O)C2CC2)CC1. The van der Waals surface area contributed by atoms with Crippen LogP contribution in [0, 0.1) is 12.8 Å². The number of amides is 2. The van der Waals surface area contributed by atoms with Gasteiger partial charge in [0, 0.05) is 36.5 Å². The van der Waals surface area contributed by atoms with Crippen LogP contribution < -0.4 is 10.1 Å². The Balaban J connectivity index is 1.32. The monoisotopic (exact) mass is 378 g/mol. The van der Waals surface area contributed by atoms with Crippen LogP contribution in [-0.2, 0) is 9.59 Å². The Morgan fingerprint density at radius 3 is 2.62 bits per heavy atom. The summed E-state index contributed by atoms with van der Waals surface area (Å²) in [6.45, 7) is 3.93. The number of rotatable bonds is 7. The lowest BCUT2D eigenvalue weighted by atomic mass is 10.0. The first-order valence-electron chi connectivity index (χ1n) is 9.50. The zero-order valence-electron chi connectivity index (χ0n) is 15.3. The summed E-state index contributed by atoms with van der Waals surface area (Å²) in [7, 11) is 0. The number of likely N-dealkylation sites (tertiary alicyclic amines) is 1. The molecule has 2 amide bonds. The number of hydrogen-bond donors (Lipinski definition) is 1. The van der Waals surface area contributed by atoms with Gasteiger partial charge in [-0.2, -0.15) is 0 Å². The van der Waals surface area contributed by atoms with Gasteiger partial charge in [-0.05, 0) is 62.8 Å². The molecule has 0 bridgehead atoms. The molecule has 0 unspecified atom stereocenters. The number of ether oxygens (including phenoxy) is 1. The number of halogens is 1. The van der Waals surface area contributed by atoms with Gasteiger partial charge < -0.3 is 15.0 Å². The average Bonchev–Trinajstić information content (AvgIpc) is 3.46. The molecule has 0 atom stereocenters. The van der Waals surface area contributed by atoms with Crippen molar-refractivity contribution >= 4 is 23.4 Å². The number of piperidine rings is 1. The molecule has 142 valence electrons. The summed E-state index contributed by atoms with van der Waals surface area (Å²) in [5.41, 5.74) is 0.999. The Hall–Kier alpha value is -1.75. The van der Waals surface area contributed by atoms with E-state index in [-0.39, 0.29) is 23.8 Å². The molecular weight excluding hydrogens is 352 g/mol. The highest BCUT2D eigenvalue weighted by molar-refractivity contribution is 6.30. The van der Waals surface area contributed by atoms with Gasteiger partial charge in [0.05, 0.1) is 6.61 Å². The molecule has 2 fully saturated rings. The van der Waals surface area contributed by atoms with E-state index in [2.05, 4.69) is 5.32 Å². The van der Waals surface area contributed by atoms with Gasteiger partial charge in [0.1, 0.15) is 5.75 Å². The van der Waals surface area contributed by atoms with Crippen LogP contribution in [-0.4, -0.2) is 42.5 Å². The van der Waals surface area contributed by atoms with Gasteiger partial charge in [0.15, 0.2) is 0 Å². The minimum Gasteiger partial charge on any atom is -0.493 e. The molecule has 0 aromatic heterocycles. The first-order chi connectivity index (χ1) is 12.5. The summed E-state index contributed by atoms with van der Waals surface area (Å²) < 4.78 is 5.74. The Morgan fingerprint density at radius 1 is 1.23 bits per heavy atom. The maximum Gasteiger partial charge on any atom is 0.223 e. The third kappa shape index (κ3) is 5.37. The van der Waals surface area contributed by atoms with Crippen LogP contribution in [0.1, 0.15) is 44.1 Å². The van der Waals surface area contributed by atoms with E-state index >= 15 is 0 Å². The zero-order valence-corrected chi connectivity index (χ0v) is 16.1. The number of hydrogen-bond acceptors (Lipinski definition) is 3. The second-order valence-corrected chi connectivity index (χ2v) is 7.74. The van der Waals surface area contributed by atoms with Crippen LogP contribution in [0.25, 0.3) is 0 Å². The fourth-order valence-electron chi connectivity index (χ4n) is 3.28. The molecule has 1 N–H and O–H groups in total. The lowest BCUT2D eigenvalue weighted by molar-refractivity contribution is -0.132. The van der Waals surface area contributed by atoms with E-state index in [9.17, 15) is 9.59 Å². The molecule has 6 heteroatoms. The van der Waals surface area contributed by atoms with Gasteiger partial charge in [-0.15, -0.1) is 0 Å².